The molecule has 3 nitrogen and oxygen atoms in total. The average Bonchev–Trinajstić information content (AvgIpc) is 2.45. The summed E-state index contributed by atoms with van der Waals surface area (Å²) in [6.07, 6.45) is 2.15. The van der Waals surface area contributed by atoms with E-state index in [-0.39, 0.29) is 0 Å². The first-order valence-electron chi connectivity index (χ1n) is 4.58. The first-order valence-corrected chi connectivity index (χ1v) is 4.58. The molecule has 1 unspecified atom stereocenters. The smallest absolute Gasteiger partial charge is 0.0334 e. The molecule has 13 heavy (non-hydrogen) atoms. The number of aromatic nitrogens is 1. The maximum Gasteiger partial charge on any atom is 0.0334 e. The standard InChI is InChI=1S/C10H19N3/c1-8(12(2)3)9-5-10(6-11)13(4)7-9/h5,7-8H,6,11H2,1-4H3. The highest BCUT2D eigenvalue weighted by Gasteiger charge is 2.10. The third-order valence-corrected chi connectivity index (χ3v) is 2.60. The topological polar surface area (TPSA) is 34.2 Å². The van der Waals surface area contributed by atoms with Crippen LogP contribution in [-0.2, 0) is 13.6 Å². The monoisotopic (exact) mass is 181 g/mol. The van der Waals surface area contributed by atoms with Crippen LogP contribution in [0.3, 0.4) is 0 Å². The fourth-order valence-electron chi connectivity index (χ4n) is 1.37. The van der Waals surface area contributed by atoms with Crippen molar-refractivity contribution in [3.8, 4) is 0 Å². The SMILES string of the molecule is CC(c1cc(CN)n(C)c1)N(C)C. The second-order valence-electron chi connectivity index (χ2n) is 3.72. The maximum absolute atomic E-state index is 5.61. The van der Waals surface area contributed by atoms with E-state index in [0.29, 0.717) is 12.6 Å². The molecule has 74 valence electrons. The lowest BCUT2D eigenvalue weighted by Crippen LogP contribution is -2.16. The van der Waals surface area contributed by atoms with Crippen molar-refractivity contribution in [3.63, 3.8) is 0 Å². The molecule has 3 heteroatoms. The Bertz CT molecular complexity index is 276. The van der Waals surface area contributed by atoms with E-state index in [0.717, 1.165) is 0 Å². The van der Waals surface area contributed by atoms with Gasteiger partial charge in [-0.15, -0.1) is 0 Å². The predicted molar refractivity (Wildman–Crippen MR) is 55.4 cm³/mol. The Labute approximate surface area is 80.1 Å². The van der Waals surface area contributed by atoms with Crippen molar-refractivity contribution in [2.75, 3.05) is 14.1 Å². The minimum absolute atomic E-state index is 0.450. The molecule has 1 rings (SSSR count). The number of rotatable bonds is 3. The van der Waals surface area contributed by atoms with E-state index < -0.39 is 0 Å². The minimum atomic E-state index is 0.450. The summed E-state index contributed by atoms with van der Waals surface area (Å²) >= 11 is 0. The molecule has 0 aromatic carbocycles. The van der Waals surface area contributed by atoms with Gasteiger partial charge < -0.3 is 15.2 Å². The lowest BCUT2D eigenvalue weighted by atomic mass is 10.1. The van der Waals surface area contributed by atoms with Crippen molar-refractivity contribution in [2.45, 2.75) is 19.5 Å². The summed E-state index contributed by atoms with van der Waals surface area (Å²) in [5, 5.41) is 0. The molecular formula is C10H19N3. The van der Waals surface area contributed by atoms with Crippen LogP contribution >= 0.6 is 0 Å². The van der Waals surface area contributed by atoms with Gasteiger partial charge in [-0.1, -0.05) is 0 Å². The van der Waals surface area contributed by atoms with E-state index >= 15 is 0 Å². The highest BCUT2D eigenvalue weighted by Crippen LogP contribution is 2.19. The Morgan fingerprint density at radius 3 is 2.54 bits per heavy atom. The van der Waals surface area contributed by atoms with Crippen molar-refractivity contribution < 1.29 is 0 Å². The van der Waals surface area contributed by atoms with Gasteiger partial charge in [-0.2, -0.15) is 0 Å². The van der Waals surface area contributed by atoms with Gasteiger partial charge in [-0.3, -0.25) is 0 Å². The lowest BCUT2D eigenvalue weighted by molar-refractivity contribution is 0.321. The van der Waals surface area contributed by atoms with Crippen LogP contribution in [0.1, 0.15) is 24.2 Å². The van der Waals surface area contributed by atoms with E-state index in [1.54, 1.807) is 0 Å². The summed E-state index contributed by atoms with van der Waals surface area (Å²) in [4.78, 5) is 2.19. The fraction of sp³-hybridized carbons (Fsp3) is 0.600. The molecule has 1 atom stereocenters. The number of nitrogens with zero attached hydrogens (tertiary/aromatic N) is 2. The van der Waals surface area contributed by atoms with Crippen LogP contribution in [-0.4, -0.2) is 23.6 Å². The van der Waals surface area contributed by atoms with Gasteiger partial charge in [0.1, 0.15) is 0 Å². The Kier molecular flexibility index (Phi) is 3.12. The number of nitrogens with two attached hydrogens (primary N) is 1. The molecule has 0 saturated heterocycles. The van der Waals surface area contributed by atoms with E-state index in [9.17, 15) is 0 Å². The van der Waals surface area contributed by atoms with Crippen molar-refractivity contribution in [1.82, 2.24) is 9.47 Å². The van der Waals surface area contributed by atoms with Crippen molar-refractivity contribution in [1.29, 1.82) is 0 Å². The van der Waals surface area contributed by atoms with Gasteiger partial charge in [0, 0.05) is 31.5 Å². The van der Waals surface area contributed by atoms with Crippen molar-refractivity contribution in [2.24, 2.45) is 12.8 Å². The van der Waals surface area contributed by atoms with Crippen LogP contribution in [0.2, 0.25) is 0 Å². The predicted octanol–water partition coefficient (Wildman–Crippen LogP) is 1.11. The Balaban J connectivity index is 2.90. The van der Waals surface area contributed by atoms with E-state index in [1.807, 2.05) is 7.05 Å². The van der Waals surface area contributed by atoms with Gasteiger partial charge in [-0.05, 0) is 32.6 Å². The van der Waals surface area contributed by atoms with Gasteiger partial charge in [0.05, 0.1) is 0 Å². The zero-order chi connectivity index (χ0) is 10.0. The van der Waals surface area contributed by atoms with Crippen LogP contribution < -0.4 is 5.73 Å². The molecule has 0 spiro atoms. The van der Waals surface area contributed by atoms with E-state index in [1.165, 1.54) is 11.3 Å². The average molecular weight is 181 g/mol. The zero-order valence-corrected chi connectivity index (χ0v) is 8.91. The summed E-state index contributed by atoms with van der Waals surface area (Å²) < 4.78 is 2.09. The molecule has 0 aliphatic carbocycles. The van der Waals surface area contributed by atoms with Gasteiger partial charge in [0.2, 0.25) is 0 Å². The molecule has 1 aromatic heterocycles. The molecule has 0 radical (unpaired) electrons. The molecule has 0 bridgehead atoms. The molecule has 0 aliphatic heterocycles. The fourth-order valence-corrected chi connectivity index (χ4v) is 1.37. The third kappa shape index (κ3) is 2.11. The van der Waals surface area contributed by atoms with Crippen LogP contribution in [0.25, 0.3) is 0 Å². The largest absolute Gasteiger partial charge is 0.353 e. The summed E-state index contributed by atoms with van der Waals surface area (Å²) in [5.74, 6) is 0. The second kappa shape index (κ2) is 3.94. The molecule has 1 aromatic rings. The molecule has 2 N–H and O–H groups in total. The van der Waals surface area contributed by atoms with Crippen LogP contribution in [0.4, 0.5) is 0 Å². The highest BCUT2D eigenvalue weighted by atomic mass is 15.1. The number of hydrogen-bond acceptors (Lipinski definition) is 2. The Hall–Kier alpha value is -0.800. The van der Waals surface area contributed by atoms with Crippen LogP contribution in [0.15, 0.2) is 12.3 Å². The van der Waals surface area contributed by atoms with Gasteiger partial charge >= 0.3 is 0 Å². The van der Waals surface area contributed by atoms with Crippen molar-refractivity contribution >= 4 is 0 Å². The zero-order valence-electron chi connectivity index (χ0n) is 8.91. The summed E-state index contributed by atoms with van der Waals surface area (Å²) in [5.41, 5.74) is 8.12. The lowest BCUT2D eigenvalue weighted by Gasteiger charge is -2.18. The number of aryl methyl sites for hydroxylation is 1. The summed E-state index contributed by atoms with van der Waals surface area (Å²) in [6.45, 7) is 2.80. The van der Waals surface area contributed by atoms with Crippen molar-refractivity contribution in [3.05, 3.63) is 23.5 Å². The number of hydrogen-bond donors (Lipinski definition) is 1. The van der Waals surface area contributed by atoms with Gasteiger partial charge in [-0.25, -0.2) is 0 Å². The molecular weight excluding hydrogens is 162 g/mol. The van der Waals surface area contributed by atoms with E-state index in [4.69, 9.17) is 5.73 Å². The molecule has 0 fully saturated rings. The molecule has 0 aliphatic rings. The Morgan fingerprint density at radius 2 is 2.15 bits per heavy atom. The third-order valence-electron chi connectivity index (χ3n) is 2.60. The Morgan fingerprint density at radius 1 is 1.54 bits per heavy atom. The highest BCUT2D eigenvalue weighted by molar-refractivity contribution is 5.21. The normalized spacial score (nSPS) is 13.7. The maximum atomic E-state index is 5.61. The second-order valence-corrected chi connectivity index (χ2v) is 3.72. The molecule has 0 saturated carbocycles. The molecule has 1 heterocycles. The van der Waals surface area contributed by atoms with Crippen LogP contribution in [0, 0.1) is 0 Å². The van der Waals surface area contributed by atoms with Gasteiger partial charge in [0.15, 0.2) is 0 Å². The summed E-state index contributed by atoms with van der Waals surface area (Å²) in [7, 11) is 6.20. The molecule has 0 amide bonds. The minimum Gasteiger partial charge on any atom is -0.353 e. The van der Waals surface area contributed by atoms with Crippen LogP contribution in [0.5, 0.6) is 0 Å². The van der Waals surface area contributed by atoms with Gasteiger partial charge in [0.25, 0.3) is 0 Å². The first kappa shape index (κ1) is 10.3. The summed E-state index contributed by atoms with van der Waals surface area (Å²) in [6, 6.07) is 2.62. The van der Waals surface area contributed by atoms with E-state index in [2.05, 4.69) is 42.7 Å². The quantitative estimate of drug-likeness (QED) is 0.758. The first-order chi connectivity index (χ1) is 6.06.